The molecule has 0 spiro atoms. The predicted octanol–water partition coefficient (Wildman–Crippen LogP) is 2.09. The minimum absolute atomic E-state index is 0.0684. The summed E-state index contributed by atoms with van der Waals surface area (Å²) < 4.78 is 41.1. The van der Waals surface area contributed by atoms with Crippen molar-refractivity contribution < 1.29 is 17.9 Å². The minimum Gasteiger partial charge on any atom is -0.480 e. The van der Waals surface area contributed by atoms with Crippen LogP contribution in [0.2, 0.25) is 0 Å². The molecular weight excluding hydrogens is 235 g/mol. The maximum atomic E-state index is 12.1. The van der Waals surface area contributed by atoms with Crippen molar-refractivity contribution in [3.05, 3.63) is 17.8 Å². The predicted molar refractivity (Wildman–Crippen MR) is 55.7 cm³/mol. The summed E-state index contributed by atoms with van der Waals surface area (Å²) in [5.41, 5.74) is 0.470. The fourth-order valence-corrected chi connectivity index (χ4v) is 1.37. The van der Waals surface area contributed by atoms with Crippen molar-refractivity contribution in [3.8, 4) is 5.88 Å². The van der Waals surface area contributed by atoms with E-state index in [-0.39, 0.29) is 6.42 Å². The zero-order valence-electron chi connectivity index (χ0n) is 9.58. The number of aromatic nitrogens is 2. The van der Waals surface area contributed by atoms with E-state index in [1.807, 2.05) is 0 Å². The second-order valence-corrected chi connectivity index (χ2v) is 3.50. The number of halogens is 3. The Bertz CT molecular complexity index is 340. The maximum absolute atomic E-state index is 12.1. The molecule has 1 heterocycles. The van der Waals surface area contributed by atoms with Crippen molar-refractivity contribution >= 4 is 0 Å². The van der Waals surface area contributed by atoms with E-state index < -0.39 is 18.6 Å². The average Bonchev–Trinajstić information content (AvgIpc) is 2.29. The van der Waals surface area contributed by atoms with E-state index >= 15 is 0 Å². The molecule has 0 aliphatic rings. The number of rotatable bonds is 5. The van der Waals surface area contributed by atoms with Crippen LogP contribution in [0.1, 0.15) is 24.6 Å². The van der Waals surface area contributed by atoms with Gasteiger partial charge in [-0.25, -0.2) is 0 Å². The first kappa shape index (κ1) is 13.7. The topological polar surface area (TPSA) is 47.0 Å². The van der Waals surface area contributed by atoms with Crippen LogP contribution >= 0.6 is 0 Å². The minimum atomic E-state index is -4.16. The van der Waals surface area contributed by atoms with Gasteiger partial charge in [0.05, 0.1) is 18.8 Å². The van der Waals surface area contributed by atoms with Crippen LogP contribution in [0.4, 0.5) is 13.2 Å². The molecule has 1 aromatic rings. The normalized spacial score (nSPS) is 13.5. The van der Waals surface area contributed by atoms with Gasteiger partial charge >= 0.3 is 6.18 Å². The van der Waals surface area contributed by atoms with Gasteiger partial charge in [0.25, 0.3) is 0 Å². The molecule has 1 rings (SSSR count). The molecular formula is C10H14F3N3O. The highest BCUT2D eigenvalue weighted by Gasteiger charge is 2.28. The molecule has 7 heteroatoms. The maximum Gasteiger partial charge on any atom is 0.389 e. The van der Waals surface area contributed by atoms with Crippen molar-refractivity contribution in [2.75, 3.05) is 14.2 Å². The molecule has 0 bridgehead atoms. The molecule has 0 fully saturated rings. The van der Waals surface area contributed by atoms with Gasteiger partial charge < -0.3 is 10.1 Å². The molecule has 0 radical (unpaired) electrons. The summed E-state index contributed by atoms with van der Waals surface area (Å²) in [5.74, 6) is 0.333. The summed E-state index contributed by atoms with van der Waals surface area (Å²) in [5, 5.41) is 10.3. The Balaban J connectivity index is 2.66. The Morgan fingerprint density at radius 1 is 1.35 bits per heavy atom. The highest BCUT2D eigenvalue weighted by atomic mass is 19.4. The Hall–Kier alpha value is -1.37. The van der Waals surface area contributed by atoms with Crippen LogP contribution in [0.15, 0.2) is 12.1 Å². The smallest absolute Gasteiger partial charge is 0.389 e. The molecule has 0 saturated heterocycles. The highest BCUT2D eigenvalue weighted by molar-refractivity contribution is 5.14. The molecule has 17 heavy (non-hydrogen) atoms. The van der Waals surface area contributed by atoms with Gasteiger partial charge in [-0.2, -0.15) is 18.3 Å². The molecule has 1 N–H and O–H groups in total. The largest absolute Gasteiger partial charge is 0.480 e. The lowest BCUT2D eigenvalue weighted by Crippen LogP contribution is -2.21. The fraction of sp³-hybridized carbons (Fsp3) is 0.600. The third kappa shape index (κ3) is 4.56. The van der Waals surface area contributed by atoms with E-state index in [1.54, 1.807) is 19.2 Å². The SMILES string of the molecule is CNC(CCC(F)(F)F)c1ccc(OC)nn1. The molecule has 0 aliphatic heterocycles. The number of nitrogens with one attached hydrogen (secondary N) is 1. The van der Waals surface area contributed by atoms with Gasteiger partial charge in [0.2, 0.25) is 5.88 Å². The molecule has 1 atom stereocenters. The highest BCUT2D eigenvalue weighted by Crippen LogP contribution is 2.26. The van der Waals surface area contributed by atoms with Crippen molar-refractivity contribution in [2.24, 2.45) is 0 Å². The summed E-state index contributed by atoms with van der Waals surface area (Å²) in [4.78, 5) is 0. The number of ether oxygens (including phenoxy) is 1. The third-order valence-electron chi connectivity index (χ3n) is 2.29. The molecule has 0 saturated carbocycles. The van der Waals surface area contributed by atoms with Gasteiger partial charge in [0.1, 0.15) is 0 Å². The van der Waals surface area contributed by atoms with Crippen LogP contribution in [0.25, 0.3) is 0 Å². The van der Waals surface area contributed by atoms with Gasteiger partial charge in [-0.15, -0.1) is 5.10 Å². The number of alkyl halides is 3. The van der Waals surface area contributed by atoms with E-state index in [0.717, 1.165) is 0 Å². The van der Waals surface area contributed by atoms with E-state index in [4.69, 9.17) is 4.74 Å². The second-order valence-electron chi connectivity index (χ2n) is 3.50. The zero-order chi connectivity index (χ0) is 12.9. The third-order valence-corrected chi connectivity index (χ3v) is 2.29. The van der Waals surface area contributed by atoms with Crippen LogP contribution < -0.4 is 10.1 Å². The first-order valence-electron chi connectivity index (χ1n) is 5.08. The summed E-state index contributed by atoms with van der Waals surface area (Å²) in [6.07, 6.45) is -5.08. The van der Waals surface area contributed by atoms with Crippen LogP contribution in [0.3, 0.4) is 0 Å². The van der Waals surface area contributed by atoms with Crippen molar-refractivity contribution in [1.29, 1.82) is 0 Å². The fourth-order valence-electron chi connectivity index (χ4n) is 1.37. The van der Waals surface area contributed by atoms with Crippen LogP contribution in [-0.4, -0.2) is 30.5 Å². The molecule has 0 aromatic carbocycles. The van der Waals surface area contributed by atoms with E-state index in [1.165, 1.54) is 7.11 Å². The Morgan fingerprint density at radius 2 is 2.06 bits per heavy atom. The molecule has 0 aliphatic carbocycles. The standard InChI is InChI=1S/C10H14F3N3O/c1-14-7(5-6-10(11,12)13)8-3-4-9(17-2)16-15-8/h3-4,7,14H,5-6H2,1-2H3. The van der Waals surface area contributed by atoms with E-state index in [2.05, 4.69) is 15.5 Å². The monoisotopic (exact) mass is 249 g/mol. The lowest BCUT2D eigenvalue weighted by molar-refractivity contribution is -0.136. The van der Waals surface area contributed by atoms with Crippen molar-refractivity contribution in [3.63, 3.8) is 0 Å². The lowest BCUT2D eigenvalue weighted by Gasteiger charge is -2.16. The summed E-state index contributed by atoms with van der Waals surface area (Å²) in [7, 11) is 3.04. The zero-order valence-corrected chi connectivity index (χ0v) is 9.58. The molecule has 1 unspecified atom stereocenters. The first-order valence-corrected chi connectivity index (χ1v) is 5.08. The Morgan fingerprint density at radius 3 is 2.47 bits per heavy atom. The number of nitrogens with zero attached hydrogens (tertiary/aromatic N) is 2. The van der Waals surface area contributed by atoms with Crippen molar-refractivity contribution in [2.45, 2.75) is 25.1 Å². The van der Waals surface area contributed by atoms with Gasteiger partial charge in [0.15, 0.2) is 0 Å². The number of methoxy groups -OCH3 is 1. The van der Waals surface area contributed by atoms with Gasteiger partial charge in [-0.05, 0) is 19.5 Å². The number of hydrogen-bond acceptors (Lipinski definition) is 4. The van der Waals surface area contributed by atoms with Crippen LogP contribution in [0, 0.1) is 0 Å². The van der Waals surface area contributed by atoms with Crippen molar-refractivity contribution in [1.82, 2.24) is 15.5 Å². The summed E-state index contributed by atoms with van der Waals surface area (Å²) in [6.45, 7) is 0. The molecule has 1 aromatic heterocycles. The molecule has 96 valence electrons. The van der Waals surface area contributed by atoms with Crippen LogP contribution in [-0.2, 0) is 0 Å². The quantitative estimate of drug-likeness (QED) is 0.868. The van der Waals surface area contributed by atoms with Gasteiger partial charge in [-0.3, -0.25) is 0 Å². The Kier molecular flexibility index (Phi) is 4.68. The average molecular weight is 249 g/mol. The lowest BCUT2D eigenvalue weighted by atomic mass is 10.1. The Labute approximate surface area is 97.2 Å². The van der Waals surface area contributed by atoms with Crippen LogP contribution in [0.5, 0.6) is 5.88 Å². The number of hydrogen-bond donors (Lipinski definition) is 1. The molecule has 4 nitrogen and oxygen atoms in total. The second kappa shape index (κ2) is 5.81. The van der Waals surface area contributed by atoms with Gasteiger partial charge in [0, 0.05) is 12.5 Å². The summed E-state index contributed by atoms with van der Waals surface area (Å²) >= 11 is 0. The van der Waals surface area contributed by atoms with E-state index in [0.29, 0.717) is 11.6 Å². The first-order chi connectivity index (χ1) is 7.96. The van der Waals surface area contributed by atoms with E-state index in [9.17, 15) is 13.2 Å². The summed E-state index contributed by atoms with van der Waals surface area (Å²) in [6, 6.07) is 2.71. The van der Waals surface area contributed by atoms with Gasteiger partial charge in [-0.1, -0.05) is 0 Å². The molecule has 0 amide bonds.